The summed E-state index contributed by atoms with van der Waals surface area (Å²) in [5, 5.41) is 11.5. The predicted octanol–water partition coefficient (Wildman–Crippen LogP) is 1.96. The first kappa shape index (κ1) is 16.0. The smallest absolute Gasteiger partial charge is 0.303 e. The average Bonchev–Trinajstić information content (AvgIpc) is 2.35. The van der Waals surface area contributed by atoms with Gasteiger partial charge in [0.2, 0.25) is 5.91 Å². The molecular weight excluding hydrogens is 256 g/mol. The second kappa shape index (κ2) is 6.93. The van der Waals surface area contributed by atoms with Crippen molar-refractivity contribution < 1.29 is 14.7 Å². The summed E-state index contributed by atoms with van der Waals surface area (Å²) < 4.78 is 0. The molecule has 5 nitrogen and oxygen atoms in total. The van der Waals surface area contributed by atoms with E-state index in [4.69, 9.17) is 10.8 Å². The minimum absolute atomic E-state index is 0.0406. The number of anilines is 1. The van der Waals surface area contributed by atoms with E-state index in [0.717, 1.165) is 5.56 Å². The summed E-state index contributed by atoms with van der Waals surface area (Å²) >= 11 is 0. The van der Waals surface area contributed by atoms with Crippen molar-refractivity contribution in [2.24, 2.45) is 0 Å². The molecule has 0 aliphatic rings. The monoisotopic (exact) mass is 278 g/mol. The van der Waals surface area contributed by atoms with Gasteiger partial charge in [0, 0.05) is 24.1 Å². The van der Waals surface area contributed by atoms with E-state index < -0.39 is 11.5 Å². The van der Waals surface area contributed by atoms with Crippen LogP contribution in [0.15, 0.2) is 24.3 Å². The quantitative estimate of drug-likeness (QED) is 0.665. The normalized spacial score (nSPS) is 11.1. The number of aryl methyl sites for hydroxylation is 1. The molecule has 0 unspecified atom stereocenters. The number of nitrogens with two attached hydrogens (primary N) is 1. The number of carboxylic acid groups (broad SMARTS) is 1. The molecule has 0 spiro atoms. The second-order valence-electron chi connectivity index (χ2n) is 5.52. The van der Waals surface area contributed by atoms with Gasteiger partial charge in [-0.1, -0.05) is 18.2 Å². The van der Waals surface area contributed by atoms with Crippen LogP contribution in [0.25, 0.3) is 0 Å². The Morgan fingerprint density at radius 3 is 2.50 bits per heavy atom. The van der Waals surface area contributed by atoms with Gasteiger partial charge in [-0.15, -0.1) is 0 Å². The molecule has 0 atom stereocenters. The van der Waals surface area contributed by atoms with Crippen LogP contribution in [0, 0.1) is 0 Å². The topological polar surface area (TPSA) is 92.4 Å². The van der Waals surface area contributed by atoms with Gasteiger partial charge < -0.3 is 16.2 Å². The maximum Gasteiger partial charge on any atom is 0.303 e. The van der Waals surface area contributed by atoms with Crippen molar-refractivity contribution in [3.8, 4) is 0 Å². The van der Waals surface area contributed by atoms with Crippen molar-refractivity contribution in [1.29, 1.82) is 0 Å². The van der Waals surface area contributed by atoms with Gasteiger partial charge >= 0.3 is 5.97 Å². The lowest BCUT2D eigenvalue weighted by atomic mass is 9.97. The molecule has 1 rings (SSSR count). The Balaban J connectivity index is 2.43. The van der Waals surface area contributed by atoms with Gasteiger partial charge in [-0.25, -0.2) is 0 Å². The van der Waals surface area contributed by atoms with Gasteiger partial charge in [-0.05, 0) is 38.3 Å². The zero-order chi connectivity index (χ0) is 15.2. The summed E-state index contributed by atoms with van der Waals surface area (Å²) in [5.74, 6) is -0.951. The molecule has 0 radical (unpaired) electrons. The summed E-state index contributed by atoms with van der Waals surface area (Å²) in [6, 6.07) is 7.45. The molecule has 0 bridgehead atoms. The van der Waals surface area contributed by atoms with Gasteiger partial charge in [0.15, 0.2) is 0 Å². The standard InChI is InChI=1S/C15H22N2O3/c1-15(2,10-9-14(19)20)17-13(18)8-7-11-5-3-4-6-12(11)16/h3-6H,7-10,16H2,1-2H3,(H,17,18)(H,19,20). The molecule has 0 heterocycles. The van der Waals surface area contributed by atoms with E-state index >= 15 is 0 Å². The lowest BCUT2D eigenvalue weighted by Gasteiger charge is -2.25. The second-order valence-corrected chi connectivity index (χ2v) is 5.52. The van der Waals surface area contributed by atoms with Crippen LogP contribution in [-0.2, 0) is 16.0 Å². The summed E-state index contributed by atoms with van der Waals surface area (Å²) in [5.41, 5.74) is 6.94. The van der Waals surface area contributed by atoms with Crippen molar-refractivity contribution in [1.82, 2.24) is 5.32 Å². The van der Waals surface area contributed by atoms with E-state index in [2.05, 4.69) is 5.32 Å². The van der Waals surface area contributed by atoms with Crippen LogP contribution in [-0.4, -0.2) is 22.5 Å². The first-order chi connectivity index (χ1) is 9.30. The predicted molar refractivity (Wildman–Crippen MR) is 78.3 cm³/mol. The highest BCUT2D eigenvalue weighted by molar-refractivity contribution is 5.77. The van der Waals surface area contributed by atoms with E-state index in [9.17, 15) is 9.59 Å². The SMILES string of the molecule is CC(C)(CCC(=O)O)NC(=O)CCc1ccccc1N. The molecule has 5 heteroatoms. The maximum absolute atomic E-state index is 11.9. The summed E-state index contributed by atoms with van der Waals surface area (Å²) in [7, 11) is 0. The highest BCUT2D eigenvalue weighted by Crippen LogP contribution is 2.14. The summed E-state index contributed by atoms with van der Waals surface area (Å²) in [6.45, 7) is 3.65. The number of hydrogen-bond acceptors (Lipinski definition) is 3. The van der Waals surface area contributed by atoms with Crippen LogP contribution < -0.4 is 11.1 Å². The Hall–Kier alpha value is -2.04. The Morgan fingerprint density at radius 1 is 1.25 bits per heavy atom. The minimum Gasteiger partial charge on any atom is -0.481 e. The van der Waals surface area contributed by atoms with E-state index in [1.807, 2.05) is 38.1 Å². The fourth-order valence-corrected chi connectivity index (χ4v) is 1.93. The molecular formula is C15H22N2O3. The van der Waals surface area contributed by atoms with Crippen molar-refractivity contribution >= 4 is 17.6 Å². The number of para-hydroxylation sites is 1. The number of nitrogens with one attached hydrogen (secondary N) is 1. The van der Waals surface area contributed by atoms with E-state index in [-0.39, 0.29) is 12.3 Å². The van der Waals surface area contributed by atoms with Gasteiger partial charge in [0.25, 0.3) is 0 Å². The molecule has 0 aromatic heterocycles. The lowest BCUT2D eigenvalue weighted by molar-refractivity contribution is -0.137. The first-order valence-electron chi connectivity index (χ1n) is 6.66. The van der Waals surface area contributed by atoms with Crippen LogP contribution in [0.2, 0.25) is 0 Å². The van der Waals surface area contributed by atoms with Crippen molar-refractivity contribution in [3.63, 3.8) is 0 Å². The van der Waals surface area contributed by atoms with E-state index in [0.29, 0.717) is 24.9 Å². The zero-order valence-corrected chi connectivity index (χ0v) is 12.0. The molecule has 1 aromatic rings. The first-order valence-corrected chi connectivity index (χ1v) is 6.66. The van der Waals surface area contributed by atoms with Crippen LogP contribution in [0.5, 0.6) is 0 Å². The molecule has 0 aliphatic carbocycles. The van der Waals surface area contributed by atoms with E-state index in [1.165, 1.54) is 0 Å². The molecule has 0 fully saturated rings. The number of carbonyl (C=O) groups is 2. The fourth-order valence-electron chi connectivity index (χ4n) is 1.93. The van der Waals surface area contributed by atoms with Gasteiger partial charge in [0.05, 0.1) is 0 Å². The minimum atomic E-state index is -0.857. The van der Waals surface area contributed by atoms with Crippen molar-refractivity contribution in [3.05, 3.63) is 29.8 Å². The molecule has 0 aliphatic heterocycles. The van der Waals surface area contributed by atoms with Crippen LogP contribution in [0.1, 0.15) is 38.7 Å². The molecule has 1 aromatic carbocycles. The molecule has 20 heavy (non-hydrogen) atoms. The number of hydrogen-bond donors (Lipinski definition) is 3. The zero-order valence-electron chi connectivity index (χ0n) is 12.0. The summed E-state index contributed by atoms with van der Waals surface area (Å²) in [4.78, 5) is 22.4. The van der Waals surface area contributed by atoms with Crippen LogP contribution >= 0.6 is 0 Å². The Kier molecular flexibility index (Phi) is 5.55. The highest BCUT2D eigenvalue weighted by Gasteiger charge is 2.21. The highest BCUT2D eigenvalue weighted by atomic mass is 16.4. The molecule has 0 saturated carbocycles. The van der Waals surface area contributed by atoms with Crippen LogP contribution in [0.4, 0.5) is 5.69 Å². The van der Waals surface area contributed by atoms with Gasteiger partial charge in [-0.3, -0.25) is 9.59 Å². The Bertz CT molecular complexity index is 484. The Morgan fingerprint density at radius 2 is 1.90 bits per heavy atom. The molecule has 110 valence electrons. The average molecular weight is 278 g/mol. The van der Waals surface area contributed by atoms with E-state index in [1.54, 1.807) is 0 Å². The molecule has 1 amide bonds. The number of carboxylic acids is 1. The molecule has 4 N–H and O–H groups in total. The fraction of sp³-hybridized carbons (Fsp3) is 0.467. The number of aliphatic carboxylic acids is 1. The number of benzene rings is 1. The number of rotatable bonds is 7. The number of amides is 1. The third-order valence-electron chi connectivity index (χ3n) is 3.12. The Labute approximate surface area is 119 Å². The van der Waals surface area contributed by atoms with Crippen LogP contribution in [0.3, 0.4) is 0 Å². The van der Waals surface area contributed by atoms with Gasteiger partial charge in [0.1, 0.15) is 0 Å². The third-order valence-corrected chi connectivity index (χ3v) is 3.12. The largest absolute Gasteiger partial charge is 0.481 e. The number of carbonyl (C=O) groups excluding carboxylic acids is 1. The molecule has 0 saturated heterocycles. The lowest BCUT2D eigenvalue weighted by Crippen LogP contribution is -2.43. The van der Waals surface area contributed by atoms with Crippen molar-refractivity contribution in [2.75, 3.05) is 5.73 Å². The summed E-state index contributed by atoms with van der Waals surface area (Å²) in [6.07, 6.45) is 1.36. The third kappa shape index (κ3) is 5.73. The van der Waals surface area contributed by atoms with Gasteiger partial charge in [-0.2, -0.15) is 0 Å². The van der Waals surface area contributed by atoms with Crippen molar-refractivity contribution in [2.45, 2.75) is 45.1 Å². The maximum atomic E-state index is 11.9. The number of nitrogen functional groups attached to an aromatic ring is 1.